The van der Waals surface area contributed by atoms with E-state index in [-0.39, 0.29) is 10.8 Å². The summed E-state index contributed by atoms with van der Waals surface area (Å²) in [6, 6.07) is 22.8. The molecular weight excluding hydrogens is 436 g/mol. The highest BCUT2D eigenvalue weighted by Gasteiger charge is 2.63. The van der Waals surface area contributed by atoms with Crippen LogP contribution in [0.5, 0.6) is 0 Å². The number of thiocarbonyl (C=S) groups is 1. The minimum Gasteiger partial charge on any atom is -0.376 e. The van der Waals surface area contributed by atoms with Gasteiger partial charge in [0.05, 0.1) is 17.7 Å². The molecule has 34 heavy (non-hydrogen) atoms. The van der Waals surface area contributed by atoms with Gasteiger partial charge in [-0.05, 0) is 86.2 Å². The summed E-state index contributed by atoms with van der Waals surface area (Å²) in [5, 5.41) is 3.87. The molecule has 4 bridgehead atoms. The van der Waals surface area contributed by atoms with Gasteiger partial charge in [0.1, 0.15) is 0 Å². The van der Waals surface area contributed by atoms with Crippen molar-refractivity contribution in [2.24, 2.45) is 23.0 Å². The Morgan fingerprint density at radius 2 is 1.50 bits per heavy atom. The van der Waals surface area contributed by atoms with E-state index in [2.05, 4.69) is 66.0 Å². The Hall–Kier alpha value is -1.75. The molecule has 0 amide bonds. The van der Waals surface area contributed by atoms with E-state index in [1.165, 1.54) is 43.2 Å². The first-order valence-electron chi connectivity index (χ1n) is 13.3. The standard InChI is InChI=1S/C30H38N2OS/c31-25-11-13-26(14-12-25)32-28(34)30-17-22-15-29(20-30,24-9-5-2-6-10-24)16-23(18-30)27(22)33-19-21-7-3-1-4-8-21/h1-10,22-23,25-27H,11-20,31H2,(H,32,34). The fourth-order valence-electron chi connectivity index (χ4n) is 8.14. The third kappa shape index (κ3) is 4.12. The Balaban J connectivity index is 1.25. The molecule has 3 N–H and O–H groups in total. The van der Waals surface area contributed by atoms with Gasteiger partial charge in [0, 0.05) is 17.5 Å². The van der Waals surface area contributed by atoms with Crippen molar-refractivity contribution in [2.75, 3.05) is 0 Å². The lowest BCUT2D eigenvalue weighted by Gasteiger charge is -2.65. The second kappa shape index (κ2) is 9.04. The van der Waals surface area contributed by atoms with Gasteiger partial charge < -0.3 is 15.8 Å². The Morgan fingerprint density at radius 1 is 0.882 bits per heavy atom. The van der Waals surface area contributed by atoms with Crippen molar-refractivity contribution < 1.29 is 4.74 Å². The van der Waals surface area contributed by atoms with E-state index < -0.39 is 0 Å². The minimum atomic E-state index is 0.114. The molecule has 180 valence electrons. The van der Waals surface area contributed by atoms with Crippen molar-refractivity contribution in [1.29, 1.82) is 0 Å². The zero-order valence-corrected chi connectivity index (χ0v) is 20.9. The molecule has 7 rings (SSSR count). The number of nitrogens with one attached hydrogen (secondary N) is 1. The summed E-state index contributed by atoms with van der Waals surface area (Å²) in [6.07, 6.45) is 10.9. The lowest BCUT2D eigenvalue weighted by molar-refractivity contribution is -0.155. The molecule has 0 aliphatic heterocycles. The molecule has 2 aromatic carbocycles. The van der Waals surface area contributed by atoms with E-state index >= 15 is 0 Å². The predicted molar refractivity (Wildman–Crippen MR) is 142 cm³/mol. The van der Waals surface area contributed by atoms with Gasteiger partial charge in [-0.3, -0.25) is 0 Å². The van der Waals surface area contributed by atoms with E-state index in [0.29, 0.717) is 30.0 Å². The molecule has 0 aromatic heterocycles. The van der Waals surface area contributed by atoms with Gasteiger partial charge in [0.25, 0.3) is 0 Å². The predicted octanol–water partition coefficient (Wildman–Crippen LogP) is 5.91. The number of rotatable bonds is 6. The molecule has 2 unspecified atom stereocenters. The zero-order chi connectivity index (χ0) is 23.2. The summed E-state index contributed by atoms with van der Waals surface area (Å²) in [6.45, 7) is 0.717. The van der Waals surface area contributed by atoms with E-state index in [0.717, 1.165) is 37.3 Å². The van der Waals surface area contributed by atoms with Crippen molar-refractivity contribution in [3.05, 3.63) is 71.8 Å². The highest BCUT2D eigenvalue weighted by molar-refractivity contribution is 7.80. The molecule has 0 heterocycles. The molecule has 5 aliphatic rings. The topological polar surface area (TPSA) is 47.3 Å². The molecule has 0 saturated heterocycles. The number of hydrogen-bond donors (Lipinski definition) is 2. The third-order valence-corrected chi connectivity index (χ3v) is 10.0. The lowest BCUT2D eigenvalue weighted by atomic mass is 9.42. The molecule has 2 aromatic rings. The average Bonchev–Trinajstić information content (AvgIpc) is 2.86. The zero-order valence-electron chi connectivity index (χ0n) is 20.1. The molecular formula is C30H38N2OS. The van der Waals surface area contributed by atoms with Gasteiger partial charge in [0.15, 0.2) is 0 Å². The number of hydrogen-bond acceptors (Lipinski definition) is 3. The SMILES string of the molecule is NC1CCC(NC(=S)C23CC4CC(c5ccccc5)(CC(C2)C4OCc2ccccc2)C3)CC1. The summed E-state index contributed by atoms with van der Waals surface area (Å²) in [5.41, 5.74) is 9.31. The highest BCUT2D eigenvalue weighted by Crippen LogP contribution is 2.66. The van der Waals surface area contributed by atoms with Crippen LogP contribution in [-0.2, 0) is 16.8 Å². The van der Waals surface area contributed by atoms with Crippen LogP contribution in [0.25, 0.3) is 0 Å². The summed E-state index contributed by atoms with van der Waals surface area (Å²) >= 11 is 6.25. The monoisotopic (exact) mass is 474 g/mol. The van der Waals surface area contributed by atoms with Crippen molar-refractivity contribution in [1.82, 2.24) is 5.32 Å². The molecule has 5 aliphatic carbocycles. The molecule has 0 spiro atoms. The van der Waals surface area contributed by atoms with Crippen LogP contribution >= 0.6 is 12.2 Å². The van der Waals surface area contributed by atoms with E-state index in [1.807, 2.05) is 0 Å². The Kier molecular flexibility index (Phi) is 6.03. The molecule has 5 fully saturated rings. The Labute approximate surface area is 209 Å². The van der Waals surface area contributed by atoms with Crippen LogP contribution in [0, 0.1) is 17.3 Å². The molecule has 4 heteroatoms. The van der Waals surface area contributed by atoms with Gasteiger partial charge in [-0.25, -0.2) is 0 Å². The molecule has 0 radical (unpaired) electrons. The van der Waals surface area contributed by atoms with E-state index in [4.69, 9.17) is 22.7 Å². The smallest absolute Gasteiger partial charge is 0.0818 e. The molecule has 3 nitrogen and oxygen atoms in total. The minimum absolute atomic E-state index is 0.114. The van der Waals surface area contributed by atoms with Crippen LogP contribution in [0.4, 0.5) is 0 Å². The van der Waals surface area contributed by atoms with Crippen molar-refractivity contribution in [3.8, 4) is 0 Å². The third-order valence-electron chi connectivity index (χ3n) is 9.48. The first kappa shape index (κ1) is 22.7. The van der Waals surface area contributed by atoms with Crippen molar-refractivity contribution in [3.63, 3.8) is 0 Å². The Bertz CT molecular complexity index is 985. The number of ether oxygens (including phenoxy) is 1. The maximum absolute atomic E-state index is 6.69. The van der Waals surface area contributed by atoms with Crippen LogP contribution in [0.3, 0.4) is 0 Å². The van der Waals surface area contributed by atoms with E-state index in [9.17, 15) is 0 Å². The van der Waals surface area contributed by atoms with Crippen LogP contribution < -0.4 is 11.1 Å². The molecule has 5 saturated carbocycles. The van der Waals surface area contributed by atoms with E-state index in [1.54, 1.807) is 0 Å². The van der Waals surface area contributed by atoms with Gasteiger partial charge in [-0.2, -0.15) is 0 Å². The quantitative estimate of drug-likeness (QED) is 0.511. The van der Waals surface area contributed by atoms with Crippen LogP contribution in [-0.4, -0.2) is 23.2 Å². The van der Waals surface area contributed by atoms with Gasteiger partial charge in [0.2, 0.25) is 0 Å². The maximum atomic E-state index is 6.69. The van der Waals surface area contributed by atoms with Crippen LogP contribution in [0.2, 0.25) is 0 Å². The fraction of sp³-hybridized carbons (Fsp3) is 0.567. The lowest BCUT2D eigenvalue weighted by Crippen LogP contribution is -2.64. The normalized spacial score (nSPS) is 38.6. The van der Waals surface area contributed by atoms with Gasteiger partial charge >= 0.3 is 0 Å². The maximum Gasteiger partial charge on any atom is 0.0818 e. The van der Waals surface area contributed by atoms with Crippen molar-refractivity contribution >= 4 is 17.2 Å². The van der Waals surface area contributed by atoms with Gasteiger partial charge in [-0.1, -0.05) is 72.9 Å². The fourth-order valence-corrected chi connectivity index (χ4v) is 8.55. The summed E-state index contributed by atoms with van der Waals surface area (Å²) in [5.74, 6) is 1.15. The summed E-state index contributed by atoms with van der Waals surface area (Å²) in [4.78, 5) is 1.14. The summed E-state index contributed by atoms with van der Waals surface area (Å²) in [7, 11) is 0. The first-order valence-corrected chi connectivity index (χ1v) is 13.7. The van der Waals surface area contributed by atoms with Crippen LogP contribution in [0.1, 0.15) is 68.9 Å². The summed E-state index contributed by atoms with van der Waals surface area (Å²) < 4.78 is 6.69. The van der Waals surface area contributed by atoms with Crippen LogP contribution in [0.15, 0.2) is 60.7 Å². The second-order valence-electron chi connectivity index (χ2n) is 11.8. The van der Waals surface area contributed by atoms with Gasteiger partial charge in [-0.15, -0.1) is 0 Å². The second-order valence-corrected chi connectivity index (χ2v) is 12.2. The molecule has 2 atom stereocenters. The average molecular weight is 475 g/mol. The number of nitrogens with two attached hydrogens (primary N) is 1. The highest BCUT2D eigenvalue weighted by atomic mass is 32.1. The largest absolute Gasteiger partial charge is 0.376 e. The first-order chi connectivity index (χ1) is 16.6. The van der Waals surface area contributed by atoms with Crippen molar-refractivity contribution in [2.45, 2.75) is 88.0 Å². The number of benzene rings is 2. The Morgan fingerprint density at radius 3 is 2.15 bits per heavy atom.